The number of anilines is 1. The van der Waals surface area contributed by atoms with E-state index in [1.54, 1.807) is 48.5 Å². The molecule has 0 saturated carbocycles. The highest BCUT2D eigenvalue weighted by atomic mass is 16.5. The Morgan fingerprint density at radius 2 is 1.74 bits per heavy atom. The summed E-state index contributed by atoms with van der Waals surface area (Å²) in [7, 11) is 0. The number of rotatable bonds is 8. The molecule has 31 heavy (non-hydrogen) atoms. The Kier molecular flexibility index (Phi) is 7.02. The minimum atomic E-state index is -0.768. The number of hydrogen-bond acceptors (Lipinski definition) is 6. The highest BCUT2D eigenvalue weighted by Gasteiger charge is 2.19. The van der Waals surface area contributed by atoms with Gasteiger partial charge in [-0.2, -0.15) is 5.10 Å². The predicted octanol–water partition coefficient (Wildman–Crippen LogP) is 3.25. The molecule has 8 heteroatoms. The third kappa shape index (κ3) is 5.48. The second-order valence-electron chi connectivity index (χ2n) is 7.36. The molecule has 0 fully saturated rings. The predicted molar refractivity (Wildman–Crippen MR) is 117 cm³/mol. The van der Waals surface area contributed by atoms with Crippen molar-refractivity contribution < 1.29 is 19.1 Å². The molecule has 0 aliphatic carbocycles. The molecule has 0 atom stereocenters. The second-order valence-corrected chi connectivity index (χ2v) is 7.36. The minimum Gasteiger partial charge on any atom is -0.494 e. The van der Waals surface area contributed by atoms with Gasteiger partial charge in [0.25, 0.3) is 11.5 Å². The number of esters is 1. The van der Waals surface area contributed by atoms with Crippen LogP contribution in [0.25, 0.3) is 10.8 Å². The van der Waals surface area contributed by atoms with E-state index >= 15 is 0 Å². The summed E-state index contributed by atoms with van der Waals surface area (Å²) in [5, 5.41) is 7.64. The van der Waals surface area contributed by atoms with Crippen molar-refractivity contribution in [2.24, 2.45) is 5.92 Å². The molecular weight excluding hydrogens is 398 g/mol. The molecule has 0 saturated heterocycles. The van der Waals surface area contributed by atoms with Gasteiger partial charge in [0.2, 0.25) is 0 Å². The fourth-order valence-corrected chi connectivity index (χ4v) is 3.05. The number of carbonyl (C=O) groups is 2. The van der Waals surface area contributed by atoms with E-state index in [0.717, 1.165) is 0 Å². The van der Waals surface area contributed by atoms with Gasteiger partial charge in [0.05, 0.1) is 12.0 Å². The third-order valence-corrected chi connectivity index (χ3v) is 4.38. The Hall–Kier alpha value is -3.68. The molecule has 8 nitrogen and oxygen atoms in total. The van der Waals surface area contributed by atoms with Crippen LogP contribution in [0.5, 0.6) is 5.75 Å². The SMILES string of the molecule is CCOc1ccc(NC(=O)COC(=O)c2nn(CC(C)C)c(=O)c3ccccc23)cc1. The average molecular weight is 423 g/mol. The summed E-state index contributed by atoms with van der Waals surface area (Å²) in [5.74, 6) is -0.399. The van der Waals surface area contributed by atoms with Gasteiger partial charge in [-0.15, -0.1) is 0 Å². The third-order valence-electron chi connectivity index (χ3n) is 4.38. The summed E-state index contributed by atoms with van der Waals surface area (Å²) in [6, 6.07) is 13.6. The van der Waals surface area contributed by atoms with Crippen LogP contribution in [0, 0.1) is 5.92 Å². The first-order valence-electron chi connectivity index (χ1n) is 10.1. The molecule has 162 valence electrons. The zero-order valence-electron chi connectivity index (χ0n) is 17.8. The normalized spacial score (nSPS) is 10.8. The quantitative estimate of drug-likeness (QED) is 0.559. The minimum absolute atomic E-state index is 0.00437. The molecule has 0 bridgehead atoms. The lowest BCUT2D eigenvalue weighted by molar-refractivity contribution is -0.119. The highest BCUT2D eigenvalue weighted by molar-refractivity contribution is 6.03. The molecule has 1 heterocycles. The Balaban J connectivity index is 1.73. The maximum Gasteiger partial charge on any atom is 0.359 e. The van der Waals surface area contributed by atoms with E-state index < -0.39 is 18.5 Å². The van der Waals surface area contributed by atoms with Gasteiger partial charge in [-0.05, 0) is 43.2 Å². The maximum absolute atomic E-state index is 12.7. The number of fused-ring (bicyclic) bond motifs is 1. The van der Waals surface area contributed by atoms with E-state index in [9.17, 15) is 14.4 Å². The first-order valence-corrected chi connectivity index (χ1v) is 10.1. The molecule has 0 spiro atoms. The molecule has 0 aliphatic heterocycles. The average Bonchev–Trinajstić information content (AvgIpc) is 2.75. The summed E-state index contributed by atoms with van der Waals surface area (Å²) in [4.78, 5) is 37.5. The second kappa shape index (κ2) is 9.88. The Morgan fingerprint density at radius 1 is 1.06 bits per heavy atom. The van der Waals surface area contributed by atoms with Gasteiger partial charge >= 0.3 is 5.97 Å². The first-order chi connectivity index (χ1) is 14.9. The van der Waals surface area contributed by atoms with E-state index in [4.69, 9.17) is 9.47 Å². The molecular formula is C23H25N3O5. The molecule has 3 aromatic rings. The van der Waals surface area contributed by atoms with Gasteiger partial charge in [0, 0.05) is 17.6 Å². The van der Waals surface area contributed by atoms with Crippen molar-refractivity contribution in [3.63, 3.8) is 0 Å². The molecule has 0 aliphatic rings. The first kappa shape index (κ1) is 22.0. The number of aromatic nitrogens is 2. The smallest absolute Gasteiger partial charge is 0.359 e. The maximum atomic E-state index is 12.7. The Bertz CT molecular complexity index is 1140. The van der Waals surface area contributed by atoms with Crippen LogP contribution in [0.15, 0.2) is 53.3 Å². The molecule has 1 aromatic heterocycles. The van der Waals surface area contributed by atoms with Gasteiger partial charge in [-0.25, -0.2) is 9.48 Å². The Labute approximate surface area is 179 Å². The molecule has 3 rings (SSSR count). The lowest BCUT2D eigenvalue weighted by Crippen LogP contribution is -2.29. The van der Waals surface area contributed by atoms with Gasteiger partial charge in [-0.3, -0.25) is 9.59 Å². The van der Waals surface area contributed by atoms with Crippen molar-refractivity contribution in [1.82, 2.24) is 9.78 Å². The van der Waals surface area contributed by atoms with Crippen molar-refractivity contribution in [3.8, 4) is 5.75 Å². The van der Waals surface area contributed by atoms with Crippen LogP contribution in [0.3, 0.4) is 0 Å². The van der Waals surface area contributed by atoms with Crippen molar-refractivity contribution in [1.29, 1.82) is 0 Å². The molecule has 1 amide bonds. The topological polar surface area (TPSA) is 99.5 Å². The number of benzene rings is 2. The van der Waals surface area contributed by atoms with Gasteiger partial charge in [0.15, 0.2) is 12.3 Å². The summed E-state index contributed by atoms with van der Waals surface area (Å²) in [5.41, 5.74) is 0.289. The summed E-state index contributed by atoms with van der Waals surface area (Å²) in [6.45, 7) is 6.22. The van der Waals surface area contributed by atoms with E-state index in [1.165, 1.54) is 4.68 Å². The molecule has 0 unspecified atom stereocenters. The lowest BCUT2D eigenvalue weighted by atomic mass is 10.1. The van der Waals surface area contributed by atoms with Gasteiger partial charge in [0.1, 0.15) is 5.75 Å². The molecule has 0 radical (unpaired) electrons. The van der Waals surface area contributed by atoms with Crippen LogP contribution in [-0.4, -0.2) is 34.9 Å². The van der Waals surface area contributed by atoms with Crippen LogP contribution < -0.4 is 15.6 Å². The summed E-state index contributed by atoms with van der Waals surface area (Å²) < 4.78 is 11.8. The highest BCUT2D eigenvalue weighted by Crippen LogP contribution is 2.16. The van der Waals surface area contributed by atoms with Crippen LogP contribution in [-0.2, 0) is 16.1 Å². The zero-order valence-corrected chi connectivity index (χ0v) is 17.8. The number of nitrogens with one attached hydrogen (secondary N) is 1. The van der Waals surface area contributed by atoms with E-state index in [-0.39, 0.29) is 17.2 Å². The van der Waals surface area contributed by atoms with E-state index in [0.29, 0.717) is 35.4 Å². The monoisotopic (exact) mass is 423 g/mol. The number of hydrogen-bond donors (Lipinski definition) is 1. The number of ether oxygens (including phenoxy) is 2. The zero-order chi connectivity index (χ0) is 22.4. The van der Waals surface area contributed by atoms with Crippen LogP contribution in [0.2, 0.25) is 0 Å². The number of carbonyl (C=O) groups excluding carboxylic acids is 2. The summed E-state index contributed by atoms with van der Waals surface area (Å²) >= 11 is 0. The van der Waals surface area contributed by atoms with Crippen molar-refractivity contribution in [2.45, 2.75) is 27.3 Å². The fraction of sp³-hybridized carbons (Fsp3) is 0.304. The standard InChI is InChI=1S/C23H25N3O5/c1-4-30-17-11-9-16(10-12-17)24-20(27)14-31-23(29)21-18-7-5-6-8-19(18)22(28)26(25-21)13-15(2)3/h5-12,15H,4,13-14H2,1-3H3,(H,24,27). The van der Waals surface area contributed by atoms with E-state index in [1.807, 2.05) is 20.8 Å². The van der Waals surface area contributed by atoms with E-state index in [2.05, 4.69) is 10.4 Å². The summed E-state index contributed by atoms with van der Waals surface area (Å²) in [6.07, 6.45) is 0. The fourth-order valence-electron chi connectivity index (χ4n) is 3.05. The Morgan fingerprint density at radius 3 is 2.39 bits per heavy atom. The molecule has 2 aromatic carbocycles. The van der Waals surface area contributed by atoms with Crippen molar-refractivity contribution in [2.75, 3.05) is 18.5 Å². The van der Waals surface area contributed by atoms with Gasteiger partial charge < -0.3 is 14.8 Å². The molecule has 1 N–H and O–H groups in total. The number of nitrogens with zero attached hydrogens (tertiary/aromatic N) is 2. The number of amides is 1. The van der Waals surface area contributed by atoms with Crippen molar-refractivity contribution in [3.05, 3.63) is 64.6 Å². The van der Waals surface area contributed by atoms with Gasteiger partial charge in [-0.1, -0.05) is 32.0 Å². The lowest BCUT2D eigenvalue weighted by Gasteiger charge is -2.12. The van der Waals surface area contributed by atoms with Crippen LogP contribution >= 0.6 is 0 Å². The largest absolute Gasteiger partial charge is 0.494 e. The van der Waals surface area contributed by atoms with Crippen LogP contribution in [0.4, 0.5) is 5.69 Å². The van der Waals surface area contributed by atoms with Crippen molar-refractivity contribution >= 4 is 28.3 Å². The van der Waals surface area contributed by atoms with Crippen LogP contribution in [0.1, 0.15) is 31.3 Å².